The highest BCUT2D eigenvalue weighted by Crippen LogP contribution is 2.31. The van der Waals surface area contributed by atoms with Crippen molar-refractivity contribution in [2.45, 2.75) is 51.4 Å². The van der Waals surface area contributed by atoms with Crippen molar-refractivity contribution >= 4 is 17.7 Å². The first-order chi connectivity index (χ1) is 9.02. The minimum Gasteiger partial charge on any atom is -0.481 e. The number of esters is 1. The number of Topliss-reactive ketones (excluding diaryl/α,β-unsaturated/α-hetero) is 1. The maximum Gasteiger partial charge on any atom is 0.306 e. The lowest BCUT2D eigenvalue weighted by atomic mass is 9.79. The molecule has 1 rings (SSSR count). The molecule has 1 aliphatic carbocycles. The van der Waals surface area contributed by atoms with Crippen LogP contribution < -0.4 is 0 Å². The largest absolute Gasteiger partial charge is 0.481 e. The Hall–Kier alpha value is -1.39. The molecule has 0 atom stereocenters. The van der Waals surface area contributed by atoms with Crippen molar-refractivity contribution in [3.8, 4) is 0 Å². The number of aliphatic carboxylic acids is 1. The Bertz CT molecular complexity index is 329. The predicted octanol–water partition coefficient (Wildman–Crippen LogP) is 2.18. The van der Waals surface area contributed by atoms with Crippen LogP contribution in [-0.4, -0.2) is 29.9 Å². The average Bonchev–Trinajstić information content (AvgIpc) is 2.42. The van der Waals surface area contributed by atoms with Gasteiger partial charge in [0.15, 0.2) is 0 Å². The molecule has 0 radical (unpaired) electrons. The number of ketones is 1. The summed E-state index contributed by atoms with van der Waals surface area (Å²) in [6.07, 6.45) is 4.92. The van der Waals surface area contributed by atoms with Crippen LogP contribution in [-0.2, 0) is 19.1 Å². The zero-order chi connectivity index (χ0) is 14.3. The lowest BCUT2D eigenvalue weighted by molar-refractivity contribution is -0.143. The van der Waals surface area contributed by atoms with Crippen LogP contribution in [0.15, 0.2) is 0 Å². The highest BCUT2D eigenvalue weighted by atomic mass is 16.5. The third kappa shape index (κ3) is 5.85. The van der Waals surface area contributed by atoms with Crippen LogP contribution in [0, 0.1) is 11.8 Å². The van der Waals surface area contributed by atoms with E-state index in [-0.39, 0.29) is 30.5 Å². The number of carbonyl (C=O) groups is 3. The summed E-state index contributed by atoms with van der Waals surface area (Å²) in [6.45, 7) is 0. The summed E-state index contributed by atoms with van der Waals surface area (Å²) in [4.78, 5) is 33.3. The number of hydrogen-bond acceptors (Lipinski definition) is 4. The molecule has 5 nitrogen and oxygen atoms in total. The van der Waals surface area contributed by atoms with Crippen LogP contribution in [0.3, 0.4) is 0 Å². The molecule has 0 aromatic heterocycles. The normalized spacial score (nSPS) is 22.8. The molecule has 0 saturated heterocycles. The molecule has 1 fully saturated rings. The smallest absolute Gasteiger partial charge is 0.306 e. The topological polar surface area (TPSA) is 80.7 Å². The first kappa shape index (κ1) is 15.7. The summed E-state index contributed by atoms with van der Waals surface area (Å²) in [5.74, 6) is -0.711. The van der Waals surface area contributed by atoms with E-state index in [1.54, 1.807) is 0 Å². The second kappa shape index (κ2) is 7.92. The van der Waals surface area contributed by atoms with Crippen LogP contribution >= 0.6 is 0 Å². The highest BCUT2D eigenvalue weighted by Gasteiger charge is 2.25. The fourth-order valence-corrected chi connectivity index (χ4v) is 2.53. The number of carboxylic acid groups (broad SMARTS) is 1. The summed E-state index contributed by atoms with van der Waals surface area (Å²) in [6, 6.07) is 0. The quantitative estimate of drug-likeness (QED) is 0.717. The van der Waals surface area contributed by atoms with Crippen LogP contribution in [0.2, 0.25) is 0 Å². The van der Waals surface area contributed by atoms with Gasteiger partial charge in [-0.2, -0.15) is 0 Å². The molecule has 1 aliphatic rings. The number of ether oxygens (including phenoxy) is 1. The fraction of sp³-hybridized carbons (Fsp3) is 0.786. The number of rotatable bonds is 7. The molecule has 1 saturated carbocycles. The number of carbonyl (C=O) groups excluding carboxylic acids is 2. The van der Waals surface area contributed by atoms with Gasteiger partial charge in [-0.05, 0) is 38.0 Å². The van der Waals surface area contributed by atoms with E-state index in [1.807, 2.05) is 0 Å². The Labute approximate surface area is 113 Å². The van der Waals surface area contributed by atoms with Gasteiger partial charge in [-0.25, -0.2) is 0 Å². The van der Waals surface area contributed by atoms with Crippen LogP contribution in [0.5, 0.6) is 0 Å². The highest BCUT2D eigenvalue weighted by molar-refractivity contribution is 5.82. The molecule has 0 heterocycles. The summed E-state index contributed by atoms with van der Waals surface area (Å²) in [5.41, 5.74) is 0. The summed E-state index contributed by atoms with van der Waals surface area (Å²) in [5, 5.41) is 8.89. The first-order valence-electron chi connectivity index (χ1n) is 6.84. The Kier molecular flexibility index (Phi) is 6.53. The van der Waals surface area contributed by atoms with Crippen LogP contribution in [0.1, 0.15) is 51.4 Å². The Morgan fingerprint density at radius 3 is 2.21 bits per heavy atom. The lowest BCUT2D eigenvalue weighted by Gasteiger charge is -2.25. The molecule has 0 aromatic carbocycles. The minimum atomic E-state index is -0.701. The molecule has 0 aromatic rings. The molecule has 19 heavy (non-hydrogen) atoms. The van der Waals surface area contributed by atoms with E-state index in [0.717, 1.165) is 32.1 Å². The lowest BCUT2D eigenvalue weighted by Crippen LogP contribution is -2.21. The third-order valence-corrected chi connectivity index (χ3v) is 3.86. The van der Waals surface area contributed by atoms with E-state index in [2.05, 4.69) is 4.74 Å². The Morgan fingerprint density at radius 1 is 1.05 bits per heavy atom. The van der Waals surface area contributed by atoms with Crippen molar-refractivity contribution in [3.63, 3.8) is 0 Å². The fourth-order valence-electron chi connectivity index (χ4n) is 2.53. The standard InChI is InChI=1S/C14H22O5/c1-19-13(16)9-8-12(15)7-4-10-2-5-11(6-3-10)14(17)18/h10-11H,2-9H2,1H3,(H,17,18). The van der Waals surface area contributed by atoms with Gasteiger partial charge in [0.25, 0.3) is 0 Å². The third-order valence-electron chi connectivity index (χ3n) is 3.86. The van der Waals surface area contributed by atoms with Gasteiger partial charge in [0.2, 0.25) is 0 Å². The minimum absolute atomic E-state index is 0.0887. The monoisotopic (exact) mass is 270 g/mol. The maximum absolute atomic E-state index is 11.6. The van der Waals surface area contributed by atoms with E-state index in [4.69, 9.17) is 5.11 Å². The van der Waals surface area contributed by atoms with Gasteiger partial charge in [-0.15, -0.1) is 0 Å². The Morgan fingerprint density at radius 2 is 1.68 bits per heavy atom. The molecule has 0 amide bonds. The second-order valence-electron chi connectivity index (χ2n) is 5.21. The molecule has 0 unspecified atom stereocenters. The van der Waals surface area contributed by atoms with Crippen molar-refractivity contribution in [1.82, 2.24) is 0 Å². The zero-order valence-electron chi connectivity index (χ0n) is 11.4. The number of carboxylic acids is 1. The van der Waals surface area contributed by atoms with E-state index in [0.29, 0.717) is 12.3 Å². The van der Waals surface area contributed by atoms with Gasteiger partial charge in [-0.1, -0.05) is 0 Å². The zero-order valence-corrected chi connectivity index (χ0v) is 11.4. The maximum atomic E-state index is 11.6. The number of hydrogen-bond donors (Lipinski definition) is 1. The molecule has 5 heteroatoms. The van der Waals surface area contributed by atoms with Crippen molar-refractivity contribution in [2.75, 3.05) is 7.11 Å². The SMILES string of the molecule is COC(=O)CCC(=O)CCC1CCC(C(=O)O)CC1. The van der Waals surface area contributed by atoms with Crippen molar-refractivity contribution < 1.29 is 24.2 Å². The summed E-state index contributed by atoms with van der Waals surface area (Å²) < 4.78 is 4.48. The molecule has 0 aliphatic heterocycles. The first-order valence-corrected chi connectivity index (χ1v) is 6.84. The molecular formula is C14H22O5. The van der Waals surface area contributed by atoms with Gasteiger partial charge in [0.05, 0.1) is 19.4 Å². The van der Waals surface area contributed by atoms with Gasteiger partial charge in [0, 0.05) is 12.8 Å². The van der Waals surface area contributed by atoms with Crippen molar-refractivity contribution in [2.24, 2.45) is 11.8 Å². The molecule has 108 valence electrons. The average molecular weight is 270 g/mol. The Balaban J connectivity index is 2.15. The predicted molar refractivity (Wildman–Crippen MR) is 68.6 cm³/mol. The molecule has 0 bridgehead atoms. The van der Waals surface area contributed by atoms with Gasteiger partial charge < -0.3 is 9.84 Å². The van der Waals surface area contributed by atoms with Crippen LogP contribution in [0.4, 0.5) is 0 Å². The van der Waals surface area contributed by atoms with Crippen molar-refractivity contribution in [3.05, 3.63) is 0 Å². The van der Waals surface area contributed by atoms with Crippen LogP contribution in [0.25, 0.3) is 0 Å². The van der Waals surface area contributed by atoms with E-state index in [1.165, 1.54) is 7.11 Å². The number of methoxy groups -OCH3 is 1. The molecule has 0 spiro atoms. The van der Waals surface area contributed by atoms with Gasteiger partial charge in [-0.3, -0.25) is 14.4 Å². The van der Waals surface area contributed by atoms with Crippen molar-refractivity contribution in [1.29, 1.82) is 0 Å². The summed E-state index contributed by atoms with van der Waals surface area (Å²) in [7, 11) is 1.31. The van der Waals surface area contributed by atoms with Gasteiger partial charge in [0.1, 0.15) is 5.78 Å². The molecule has 1 N–H and O–H groups in total. The van der Waals surface area contributed by atoms with E-state index >= 15 is 0 Å². The van der Waals surface area contributed by atoms with E-state index < -0.39 is 5.97 Å². The van der Waals surface area contributed by atoms with E-state index in [9.17, 15) is 14.4 Å². The summed E-state index contributed by atoms with van der Waals surface area (Å²) >= 11 is 0. The second-order valence-corrected chi connectivity index (χ2v) is 5.21. The molecular weight excluding hydrogens is 248 g/mol. The van der Waals surface area contributed by atoms with Gasteiger partial charge >= 0.3 is 11.9 Å².